The van der Waals surface area contributed by atoms with Crippen LogP contribution in [0.15, 0.2) is 68.1 Å². The number of hydrogen-bond acceptors (Lipinski definition) is 6. The van der Waals surface area contributed by atoms with Crippen molar-refractivity contribution >= 4 is 45.4 Å². The molecule has 0 bridgehead atoms. The molecule has 3 rings (SSSR count). The molecule has 0 atom stereocenters. The van der Waals surface area contributed by atoms with Gasteiger partial charge in [0.1, 0.15) is 10.6 Å². The lowest BCUT2D eigenvalue weighted by Gasteiger charge is -2.02. The highest BCUT2D eigenvalue weighted by Crippen LogP contribution is 2.16. The molecule has 2 aromatic heterocycles. The lowest BCUT2D eigenvalue weighted by molar-refractivity contribution is 0.0739. The van der Waals surface area contributed by atoms with Gasteiger partial charge in [0.15, 0.2) is 10.4 Å². The van der Waals surface area contributed by atoms with Gasteiger partial charge in [-0.3, -0.25) is 4.79 Å². The van der Waals surface area contributed by atoms with Gasteiger partial charge in [-0.2, -0.15) is 5.10 Å². The Labute approximate surface area is 155 Å². The molecule has 3 aromatic rings. The highest BCUT2D eigenvalue weighted by atomic mass is 79.9. The average Bonchev–Trinajstić information content (AvgIpc) is 3.28. The zero-order valence-electron chi connectivity index (χ0n) is 12.6. The SMILES string of the molecule is O=C(NN=Cc1ccc(OC(=O)c2cccs2)cc1)c1ccc(Br)o1. The molecule has 8 heteroatoms. The highest BCUT2D eigenvalue weighted by Gasteiger charge is 2.10. The Morgan fingerprint density at radius 1 is 1.16 bits per heavy atom. The van der Waals surface area contributed by atoms with E-state index in [4.69, 9.17) is 9.15 Å². The van der Waals surface area contributed by atoms with Gasteiger partial charge in [0, 0.05) is 0 Å². The topological polar surface area (TPSA) is 80.9 Å². The molecule has 1 aromatic carbocycles. The molecule has 0 saturated heterocycles. The number of amides is 1. The van der Waals surface area contributed by atoms with Crippen LogP contribution < -0.4 is 10.2 Å². The first-order chi connectivity index (χ1) is 12.1. The fourth-order valence-corrected chi connectivity index (χ4v) is 2.74. The summed E-state index contributed by atoms with van der Waals surface area (Å²) in [5.74, 6) is -0.267. The molecule has 1 amide bonds. The molecule has 0 radical (unpaired) electrons. The van der Waals surface area contributed by atoms with Gasteiger partial charge in [-0.15, -0.1) is 11.3 Å². The van der Waals surface area contributed by atoms with Crippen LogP contribution in [0.25, 0.3) is 0 Å². The molecule has 2 heterocycles. The van der Waals surface area contributed by atoms with E-state index < -0.39 is 11.9 Å². The van der Waals surface area contributed by atoms with Crippen molar-refractivity contribution in [2.75, 3.05) is 0 Å². The van der Waals surface area contributed by atoms with E-state index in [2.05, 4.69) is 26.5 Å². The average molecular weight is 419 g/mol. The quantitative estimate of drug-likeness (QED) is 0.292. The Morgan fingerprint density at radius 3 is 2.60 bits per heavy atom. The van der Waals surface area contributed by atoms with Crippen molar-refractivity contribution in [2.45, 2.75) is 0 Å². The van der Waals surface area contributed by atoms with Crippen LogP contribution in [-0.2, 0) is 0 Å². The largest absolute Gasteiger partial charge is 0.444 e. The monoisotopic (exact) mass is 418 g/mol. The molecule has 126 valence electrons. The predicted molar refractivity (Wildman–Crippen MR) is 97.2 cm³/mol. The molecule has 0 aliphatic rings. The highest BCUT2D eigenvalue weighted by molar-refractivity contribution is 9.10. The van der Waals surface area contributed by atoms with Gasteiger partial charge < -0.3 is 9.15 Å². The smallest absolute Gasteiger partial charge is 0.353 e. The number of thiophene rings is 1. The van der Waals surface area contributed by atoms with Crippen LogP contribution in [0.5, 0.6) is 5.75 Å². The second kappa shape index (κ2) is 7.91. The lowest BCUT2D eigenvalue weighted by atomic mass is 10.2. The molecule has 0 unspecified atom stereocenters. The summed E-state index contributed by atoms with van der Waals surface area (Å²) in [5, 5.41) is 5.66. The van der Waals surface area contributed by atoms with E-state index in [1.54, 1.807) is 42.5 Å². The van der Waals surface area contributed by atoms with Crippen LogP contribution in [0.4, 0.5) is 0 Å². The Balaban J connectivity index is 1.55. The van der Waals surface area contributed by atoms with Crippen molar-refractivity contribution < 1.29 is 18.7 Å². The lowest BCUT2D eigenvalue weighted by Crippen LogP contribution is -2.16. The summed E-state index contributed by atoms with van der Waals surface area (Å²) in [7, 11) is 0. The molecule has 6 nitrogen and oxygen atoms in total. The number of hydrazone groups is 1. The minimum Gasteiger partial charge on any atom is -0.444 e. The van der Waals surface area contributed by atoms with Gasteiger partial charge in [-0.1, -0.05) is 6.07 Å². The van der Waals surface area contributed by atoms with E-state index in [0.29, 0.717) is 15.3 Å². The normalized spacial score (nSPS) is 10.8. The maximum Gasteiger partial charge on any atom is 0.353 e. The molecule has 1 N–H and O–H groups in total. The standard InChI is InChI=1S/C17H11BrN2O4S/c18-15-8-7-13(24-15)16(21)20-19-10-11-3-5-12(6-4-11)23-17(22)14-2-1-9-25-14/h1-10H,(H,20,21). The zero-order chi connectivity index (χ0) is 17.6. The number of esters is 1. The third-order valence-electron chi connectivity index (χ3n) is 2.99. The summed E-state index contributed by atoms with van der Waals surface area (Å²) in [4.78, 5) is 24.1. The van der Waals surface area contributed by atoms with Gasteiger partial charge in [0.05, 0.1) is 6.21 Å². The number of hydrogen-bond donors (Lipinski definition) is 1. The van der Waals surface area contributed by atoms with Crippen molar-refractivity contribution in [3.63, 3.8) is 0 Å². The van der Waals surface area contributed by atoms with Gasteiger partial charge in [0.25, 0.3) is 0 Å². The number of halogens is 1. The number of carbonyl (C=O) groups excluding carboxylic acids is 2. The van der Waals surface area contributed by atoms with Crippen LogP contribution in [-0.4, -0.2) is 18.1 Å². The predicted octanol–water partition coefficient (Wildman–Crippen LogP) is 4.09. The summed E-state index contributed by atoms with van der Waals surface area (Å²) in [6.45, 7) is 0. The van der Waals surface area contributed by atoms with Crippen LogP contribution in [0.2, 0.25) is 0 Å². The Hall–Kier alpha value is -2.71. The fourth-order valence-electron chi connectivity index (χ4n) is 1.83. The van der Waals surface area contributed by atoms with Crippen molar-refractivity contribution in [1.29, 1.82) is 0 Å². The summed E-state index contributed by atoms with van der Waals surface area (Å²) < 4.78 is 10.8. The van der Waals surface area contributed by atoms with E-state index in [0.717, 1.165) is 5.56 Å². The first kappa shape index (κ1) is 17.1. The van der Waals surface area contributed by atoms with Crippen molar-refractivity contribution in [1.82, 2.24) is 5.43 Å². The zero-order valence-corrected chi connectivity index (χ0v) is 15.0. The van der Waals surface area contributed by atoms with Crippen molar-refractivity contribution in [3.05, 3.63) is 74.8 Å². The number of nitrogens with zero attached hydrogens (tertiary/aromatic N) is 1. The van der Waals surface area contributed by atoms with Gasteiger partial charge in [-0.05, 0) is 69.3 Å². The molecule has 0 fully saturated rings. The number of ether oxygens (including phenoxy) is 1. The first-order valence-corrected chi connectivity index (χ1v) is 8.73. The minimum atomic E-state index is -0.455. The molecule has 0 spiro atoms. The molecule has 25 heavy (non-hydrogen) atoms. The van der Waals surface area contributed by atoms with Crippen LogP contribution >= 0.6 is 27.3 Å². The minimum absolute atomic E-state index is 0.153. The Kier molecular flexibility index (Phi) is 5.42. The van der Waals surface area contributed by atoms with Crippen LogP contribution in [0, 0.1) is 0 Å². The summed E-state index contributed by atoms with van der Waals surface area (Å²) in [6, 6.07) is 13.4. The number of rotatable bonds is 5. The van der Waals surface area contributed by atoms with Gasteiger partial charge >= 0.3 is 11.9 Å². The third-order valence-corrected chi connectivity index (χ3v) is 4.27. The van der Waals surface area contributed by atoms with Crippen molar-refractivity contribution in [3.8, 4) is 5.75 Å². The molecule has 0 aliphatic carbocycles. The Bertz CT molecular complexity index is 901. The number of benzene rings is 1. The van der Waals surface area contributed by atoms with E-state index in [1.165, 1.54) is 23.6 Å². The maximum atomic E-state index is 11.8. The van der Waals surface area contributed by atoms with E-state index in [-0.39, 0.29) is 5.76 Å². The van der Waals surface area contributed by atoms with Crippen LogP contribution in [0.1, 0.15) is 25.8 Å². The third kappa shape index (κ3) is 4.65. The summed E-state index contributed by atoms with van der Waals surface area (Å²) >= 11 is 4.44. The van der Waals surface area contributed by atoms with Crippen molar-refractivity contribution in [2.24, 2.45) is 5.10 Å². The molecular weight excluding hydrogens is 408 g/mol. The van der Waals surface area contributed by atoms with Gasteiger partial charge in [-0.25, -0.2) is 10.2 Å². The molecular formula is C17H11BrN2O4S. The molecule has 0 aliphatic heterocycles. The number of carbonyl (C=O) groups is 2. The van der Waals surface area contributed by atoms with E-state index in [1.807, 2.05) is 5.38 Å². The van der Waals surface area contributed by atoms with Gasteiger partial charge in [0.2, 0.25) is 0 Å². The molecule has 0 saturated carbocycles. The number of nitrogens with one attached hydrogen (secondary N) is 1. The first-order valence-electron chi connectivity index (χ1n) is 7.06. The summed E-state index contributed by atoms with van der Waals surface area (Å²) in [5.41, 5.74) is 3.09. The number of furan rings is 1. The van der Waals surface area contributed by atoms with E-state index >= 15 is 0 Å². The maximum absolute atomic E-state index is 11.8. The summed E-state index contributed by atoms with van der Waals surface area (Å²) in [6.07, 6.45) is 1.47. The fraction of sp³-hybridized carbons (Fsp3) is 0. The second-order valence-electron chi connectivity index (χ2n) is 4.74. The Morgan fingerprint density at radius 2 is 1.96 bits per heavy atom. The van der Waals surface area contributed by atoms with Crippen LogP contribution in [0.3, 0.4) is 0 Å². The van der Waals surface area contributed by atoms with E-state index in [9.17, 15) is 9.59 Å². The second-order valence-corrected chi connectivity index (χ2v) is 6.47.